The monoisotopic (exact) mass is 378 g/mol. The van der Waals surface area contributed by atoms with Gasteiger partial charge in [0.05, 0.1) is 5.69 Å². The molecule has 4 rings (SSSR count). The van der Waals surface area contributed by atoms with Crippen LogP contribution >= 0.6 is 22.7 Å². The van der Waals surface area contributed by atoms with Crippen LogP contribution in [0.5, 0.6) is 0 Å². The highest BCUT2D eigenvalue weighted by Crippen LogP contribution is 2.34. The van der Waals surface area contributed by atoms with E-state index < -0.39 is 0 Å². The molecule has 0 spiro atoms. The highest BCUT2D eigenvalue weighted by Gasteiger charge is 2.21. The summed E-state index contributed by atoms with van der Waals surface area (Å²) in [6.45, 7) is 1.85. The van der Waals surface area contributed by atoms with Crippen LogP contribution in [0.2, 0.25) is 0 Å². The molecular formula is C19H14N4OS2. The van der Waals surface area contributed by atoms with E-state index in [4.69, 9.17) is 4.98 Å². The first-order chi connectivity index (χ1) is 12.7. The van der Waals surface area contributed by atoms with Gasteiger partial charge in [-0.2, -0.15) is 0 Å². The van der Waals surface area contributed by atoms with Gasteiger partial charge in [-0.1, -0.05) is 72.0 Å². The van der Waals surface area contributed by atoms with Gasteiger partial charge in [0.2, 0.25) is 5.13 Å². The summed E-state index contributed by atoms with van der Waals surface area (Å²) < 4.78 is 0. The average Bonchev–Trinajstić information content (AvgIpc) is 3.30. The maximum absolute atomic E-state index is 12.9. The van der Waals surface area contributed by atoms with Crippen LogP contribution in [-0.4, -0.2) is 21.1 Å². The number of nitrogens with one attached hydrogen (secondary N) is 1. The van der Waals surface area contributed by atoms with Crippen LogP contribution in [0.25, 0.3) is 21.8 Å². The van der Waals surface area contributed by atoms with Gasteiger partial charge in [-0.05, 0) is 6.92 Å². The molecule has 7 heteroatoms. The van der Waals surface area contributed by atoms with Crippen LogP contribution in [0.4, 0.5) is 5.13 Å². The SMILES string of the molecule is Cc1nnc(NC(=O)c2sc(-c3ccccc3)nc2-c2ccccc2)s1. The van der Waals surface area contributed by atoms with Crippen LogP contribution in [0.1, 0.15) is 14.7 Å². The van der Waals surface area contributed by atoms with Gasteiger partial charge in [0.25, 0.3) is 5.91 Å². The zero-order chi connectivity index (χ0) is 17.9. The number of aryl methyl sites for hydroxylation is 1. The lowest BCUT2D eigenvalue weighted by molar-refractivity contribution is 0.103. The second-order valence-electron chi connectivity index (χ2n) is 5.51. The maximum atomic E-state index is 12.9. The summed E-state index contributed by atoms with van der Waals surface area (Å²) in [6.07, 6.45) is 0. The minimum atomic E-state index is -0.223. The first kappa shape index (κ1) is 16.6. The van der Waals surface area contributed by atoms with Crippen molar-refractivity contribution in [2.24, 2.45) is 0 Å². The molecule has 128 valence electrons. The molecule has 0 radical (unpaired) electrons. The van der Waals surface area contributed by atoms with E-state index in [1.54, 1.807) is 0 Å². The van der Waals surface area contributed by atoms with Crippen molar-refractivity contribution in [3.05, 3.63) is 70.5 Å². The Labute approximate surface area is 158 Å². The van der Waals surface area contributed by atoms with Crippen molar-refractivity contribution in [3.8, 4) is 21.8 Å². The molecule has 0 bridgehead atoms. The number of hydrogen-bond donors (Lipinski definition) is 1. The van der Waals surface area contributed by atoms with Crippen molar-refractivity contribution >= 4 is 33.7 Å². The number of thiazole rings is 1. The molecule has 0 saturated heterocycles. The van der Waals surface area contributed by atoms with E-state index in [0.29, 0.717) is 15.7 Å². The number of carbonyl (C=O) groups excluding carboxylic acids is 1. The molecular weight excluding hydrogens is 364 g/mol. The molecule has 5 nitrogen and oxygen atoms in total. The van der Waals surface area contributed by atoms with Crippen LogP contribution < -0.4 is 5.32 Å². The number of benzene rings is 2. The van der Waals surface area contributed by atoms with Gasteiger partial charge in [-0.3, -0.25) is 10.1 Å². The minimum absolute atomic E-state index is 0.223. The summed E-state index contributed by atoms with van der Waals surface area (Å²) in [7, 11) is 0. The third kappa shape index (κ3) is 3.40. The Morgan fingerprint density at radius 2 is 1.54 bits per heavy atom. The van der Waals surface area contributed by atoms with Crippen molar-refractivity contribution in [1.29, 1.82) is 0 Å². The third-order valence-electron chi connectivity index (χ3n) is 3.65. The van der Waals surface area contributed by atoms with Crippen LogP contribution in [-0.2, 0) is 0 Å². The number of aromatic nitrogens is 3. The highest BCUT2D eigenvalue weighted by molar-refractivity contribution is 7.18. The fourth-order valence-electron chi connectivity index (χ4n) is 2.47. The normalized spacial score (nSPS) is 10.7. The summed E-state index contributed by atoms with van der Waals surface area (Å²) in [5.41, 5.74) is 2.57. The van der Waals surface area contributed by atoms with Crippen molar-refractivity contribution in [2.45, 2.75) is 6.92 Å². The lowest BCUT2D eigenvalue weighted by Crippen LogP contribution is -2.11. The van der Waals surface area contributed by atoms with Crippen LogP contribution in [0.15, 0.2) is 60.7 Å². The smallest absolute Gasteiger partial charge is 0.269 e. The van der Waals surface area contributed by atoms with Gasteiger partial charge < -0.3 is 0 Å². The topological polar surface area (TPSA) is 67.8 Å². The molecule has 0 atom stereocenters. The van der Waals surface area contributed by atoms with E-state index in [1.165, 1.54) is 22.7 Å². The van der Waals surface area contributed by atoms with E-state index >= 15 is 0 Å². The number of anilines is 1. The van der Waals surface area contributed by atoms with Gasteiger partial charge >= 0.3 is 0 Å². The molecule has 4 aromatic rings. The first-order valence-electron chi connectivity index (χ1n) is 7.94. The molecule has 0 aliphatic carbocycles. The van der Waals surface area contributed by atoms with Gasteiger partial charge in [-0.15, -0.1) is 21.5 Å². The Kier molecular flexibility index (Phi) is 4.55. The average molecular weight is 378 g/mol. The molecule has 26 heavy (non-hydrogen) atoms. The van der Waals surface area contributed by atoms with Crippen LogP contribution in [0, 0.1) is 6.92 Å². The fraction of sp³-hybridized carbons (Fsp3) is 0.0526. The summed E-state index contributed by atoms with van der Waals surface area (Å²) >= 11 is 2.72. The molecule has 2 heterocycles. The molecule has 0 saturated carbocycles. The Bertz CT molecular complexity index is 1040. The lowest BCUT2D eigenvalue weighted by atomic mass is 10.1. The molecule has 2 aromatic carbocycles. The van der Waals surface area contributed by atoms with E-state index in [0.717, 1.165) is 21.1 Å². The largest absolute Gasteiger partial charge is 0.296 e. The zero-order valence-corrected chi connectivity index (χ0v) is 15.5. The minimum Gasteiger partial charge on any atom is -0.296 e. The molecule has 0 aliphatic rings. The van der Waals surface area contributed by atoms with E-state index in [2.05, 4.69) is 15.5 Å². The van der Waals surface area contributed by atoms with Crippen LogP contribution in [0.3, 0.4) is 0 Å². The quantitative estimate of drug-likeness (QED) is 0.549. The Morgan fingerprint density at radius 1 is 0.885 bits per heavy atom. The predicted octanol–water partition coefficient (Wildman–Crippen LogP) is 4.89. The van der Waals surface area contributed by atoms with E-state index in [1.807, 2.05) is 67.6 Å². The highest BCUT2D eigenvalue weighted by atomic mass is 32.1. The Hall–Kier alpha value is -2.90. The second-order valence-corrected chi connectivity index (χ2v) is 7.69. The van der Waals surface area contributed by atoms with Gasteiger partial charge in [-0.25, -0.2) is 4.98 Å². The molecule has 0 aliphatic heterocycles. The summed E-state index contributed by atoms with van der Waals surface area (Å²) in [6, 6.07) is 19.6. The molecule has 0 unspecified atom stereocenters. The predicted molar refractivity (Wildman–Crippen MR) is 106 cm³/mol. The number of carbonyl (C=O) groups is 1. The number of rotatable bonds is 4. The third-order valence-corrected chi connectivity index (χ3v) is 5.51. The Balaban J connectivity index is 1.76. The van der Waals surface area contributed by atoms with E-state index in [9.17, 15) is 4.79 Å². The zero-order valence-electron chi connectivity index (χ0n) is 13.8. The second kappa shape index (κ2) is 7.15. The summed E-state index contributed by atoms with van der Waals surface area (Å²) in [5, 5.41) is 12.8. The lowest BCUT2D eigenvalue weighted by Gasteiger charge is -2.02. The standard InChI is InChI=1S/C19H14N4OS2/c1-12-22-23-19(25-12)21-17(24)16-15(13-8-4-2-5-9-13)20-18(26-16)14-10-6-3-7-11-14/h2-11H,1H3,(H,21,23,24). The number of amides is 1. The van der Waals surface area contributed by atoms with Crippen molar-refractivity contribution < 1.29 is 4.79 Å². The number of hydrogen-bond acceptors (Lipinski definition) is 6. The van der Waals surface area contributed by atoms with Crippen molar-refractivity contribution in [2.75, 3.05) is 5.32 Å². The summed E-state index contributed by atoms with van der Waals surface area (Å²) in [5.74, 6) is -0.223. The molecule has 2 aromatic heterocycles. The summed E-state index contributed by atoms with van der Waals surface area (Å²) in [4.78, 5) is 18.2. The first-order valence-corrected chi connectivity index (χ1v) is 9.57. The molecule has 1 N–H and O–H groups in total. The van der Waals surface area contributed by atoms with Gasteiger partial charge in [0.1, 0.15) is 14.9 Å². The fourth-order valence-corrected chi connectivity index (χ4v) is 4.05. The molecule has 1 amide bonds. The maximum Gasteiger partial charge on any atom is 0.269 e. The van der Waals surface area contributed by atoms with Crippen molar-refractivity contribution in [1.82, 2.24) is 15.2 Å². The number of nitrogens with zero attached hydrogens (tertiary/aromatic N) is 3. The van der Waals surface area contributed by atoms with E-state index in [-0.39, 0.29) is 5.91 Å². The Morgan fingerprint density at radius 3 is 2.15 bits per heavy atom. The van der Waals surface area contributed by atoms with Gasteiger partial charge in [0, 0.05) is 11.1 Å². The molecule has 0 fully saturated rings. The van der Waals surface area contributed by atoms with Gasteiger partial charge in [0.15, 0.2) is 0 Å². The van der Waals surface area contributed by atoms with Crippen molar-refractivity contribution in [3.63, 3.8) is 0 Å².